The van der Waals surface area contributed by atoms with Gasteiger partial charge in [0.05, 0.1) is 5.56 Å². The minimum Gasteiger partial charge on any atom is -0.405 e. The maximum Gasteiger partial charge on any atom is 0.573 e. The number of benzene rings is 2. The Morgan fingerprint density at radius 3 is 2.44 bits per heavy atom. The number of likely N-dealkylation sites (tertiary alicyclic amines) is 1. The molecule has 0 radical (unpaired) electrons. The third-order valence-electron chi connectivity index (χ3n) is 6.42. The average Bonchev–Trinajstić information content (AvgIpc) is 2.92. The summed E-state index contributed by atoms with van der Waals surface area (Å²) in [6.07, 6.45) is -8.39. The number of halogens is 3. The second-order valence-corrected chi connectivity index (χ2v) is 9.21. The van der Waals surface area contributed by atoms with E-state index in [9.17, 15) is 28.3 Å². The lowest BCUT2D eigenvalue weighted by Gasteiger charge is -2.41. The smallest absolute Gasteiger partial charge is 0.405 e. The Hall–Kier alpha value is -4.26. The maximum atomic E-state index is 13.1. The van der Waals surface area contributed by atoms with Crippen LogP contribution in [0.3, 0.4) is 0 Å². The van der Waals surface area contributed by atoms with E-state index >= 15 is 0 Å². The molecular formula is C27H25F3N4O7. The number of rotatable bonds is 8. The fourth-order valence-corrected chi connectivity index (χ4v) is 4.64. The van der Waals surface area contributed by atoms with Gasteiger partial charge in [0, 0.05) is 36.8 Å². The van der Waals surface area contributed by atoms with Crippen molar-refractivity contribution >= 4 is 5.91 Å². The third-order valence-corrected chi connectivity index (χ3v) is 6.42. The minimum absolute atomic E-state index is 0.167. The minimum atomic E-state index is -4.98. The molecule has 216 valence electrons. The van der Waals surface area contributed by atoms with Crippen molar-refractivity contribution in [3.63, 3.8) is 0 Å². The molecule has 1 amide bonds. The Bertz CT molecular complexity index is 1410. The van der Waals surface area contributed by atoms with Crippen LogP contribution in [0.15, 0.2) is 66.9 Å². The molecule has 0 aliphatic carbocycles. The van der Waals surface area contributed by atoms with Crippen LogP contribution in [0.5, 0.6) is 11.6 Å². The van der Waals surface area contributed by atoms with Crippen LogP contribution >= 0.6 is 0 Å². The molecule has 3 aromatic rings. The molecule has 11 nitrogen and oxygen atoms in total. The second-order valence-electron chi connectivity index (χ2n) is 9.21. The van der Waals surface area contributed by atoms with Crippen molar-refractivity contribution in [3.05, 3.63) is 89.1 Å². The highest BCUT2D eigenvalue weighted by Gasteiger charge is 2.37. The summed E-state index contributed by atoms with van der Waals surface area (Å²) in [6, 6.07) is 16.5. The molecule has 14 heteroatoms. The lowest BCUT2D eigenvalue weighted by atomic mass is 9.85. The van der Waals surface area contributed by atoms with Gasteiger partial charge < -0.3 is 35.2 Å². The molecule has 4 rings (SSSR count). The van der Waals surface area contributed by atoms with Gasteiger partial charge in [-0.1, -0.05) is 42.5 Å². The van der Waals surface area contributed by atoms with Crippen molar-refractivity contribution in [2.24, 2.45) is 0 Å². The van der Waals surface area contributed by atoms with E-state index in [1.54, 1.807) is 29.2 Å². The summed E-state index contributed by atoms with van der Waals surface area (Å²) in [7, 11) is 0. The van der Waals surface area contributed by atoms with Crippen LogP contribution in [0, 0.1) is 11.3 Å². The lowest BCUT2D eigenvalue weighted by molar-refractivity contribution is -0.420. The maximum absolute atomic E-state index is 13.1. The highest BCUT2D eigenvalue weighted by Crippen LogP contribution is 2.33. The van der Waals surface area contributed by atoms with Gasteiger partial charge in [-0.2, -0.15) is 5.26 Å². The Morgan fingerprint density at radius 1 is 1.10 bits per heavy atom. The van der Waals surface area contributed by atoms with E-state index in [1.807, 2.05) is 12.1 Å². The first-order valence-corrected chi connectivity index (χ1v) is 12.2. The number of aliphatic hydroxyl groups is 4. The number of amides is 1. The molecule has 0 saturated carbocycles. The highest BCUT2D eigenvalue weighted by atomic mass is 19.4. The third kappa shape index (κ3) is 7.69. The number of nitriles is 1. The van der Waals surface area contributed by atoms with Crippen LogP contribution < -0.4 is 14.8 Å². The lowest BCUT2D eigenvalue weighted by Crippen LogP contribution is -2.50. The number of aliphatic hydroxyl groups excluding tert-OH is 1. The summed E-state index contributed by atoms with van der Waals surface area (Å²) >= 11 is 0. The number of hydrogen-bond donors (Lipinski definition) is 5. The first-order chi connectivity index (χ1) is 19.3. The summed E-state index contributed by atoms with van der Waals surface area (Å²) in [5.74, 6) is -2.36. The molecule has 5 N–H and O–H groups in total. The molecule has 41 heavy (non-hydrogen) atoms. The Labute approximate surface area is 231 Å². The largest absolute Gasteiger partial charge is 0.573 e. The predicted octanol–water partition coefficient (Wildman–Crippen LogP) is 2.10. The van der Waals surface area contributed by atoms with Gasteiger partial charge in [0.15, 0.2) is 0 Å². The van der Waals surface area contributed by atoms with Crippen LogP contribution in [0.4, 0.5) is 13.2 Å². The SMILES string of the molecule is N#Cc1cc(C(O)N2CC[C@@H](NC(=O)c3ccccc3OC(F)(F)F)[C@@H](c3ccccc3)C2)cnc1OC(O)(O)O. The van der Waals surface area contributed by atoms with Crippen molar-refractivity contribution < 1.29 is 47.9 Å². The first kappa shape index (κ1) is 29.7. The van der Waals surface area contributed by atoms with Gasteiger partial charge in [0.2, 0.25) is 5.88 Å². The number of nitrogens with one attached hydrogen (secondary N) is 1. The summed E-state index contributed by atoms with van der Waals surface area (Å²) in [6.45, 7) is 0.438. The van der Waals surface area contributed by atoms with Gasteiger partial charge in [-0.15, -0.1) is 13.2 Å². The van der Waals surface area contributed by atoms with E-state index < -0.39 is 48.2 Å². The van der Waals surface area contributed by atoms with E-state index in [2.05, 4.69) is 19.8 Å². The number of hydrogen-bond acceptors (Lipinski definition) is 10. The topological polar surface area (TPSA) is 168 Å². The van der Waals surface area contributed by atoms with Crippen LogP contribution in [-0.2, 0) is 0 Å². The summed E-state index contributed by atoms with van der Waals surface area (Å²) in [4.78, 5) is 18.6. The van der Waals surface area contributed by atoms with E-state index in [0.717, 1.165) is 17.8 Å². The number of piperidine rings is 1. The number of ether oxygens (including phenoxy) is 2. The van der Waals surface area contributed by atoms with Gasteiger partial charge in [0.1, 0.15) is 23.6 Å². The molecule has 1 unspecified atom stereocenters. The standard InChI is InChI=1S/C27H25F3N4O7/c28-26(29,30)40-22-9-5-4-8-19(22)23(35)33-21-10-11-34(15-20(21)16-6-2-1-3-7-16)25(36)18-12-17(13-31)24(32-14-18)41-27(37,38)39/h1-9,12,14,20-21,25,36-39H,10-11,15H2,(H,33,35)/t20-,21-,25?/m1/s1. The monoisotopic (exact) mass is 574 g/mol. The number of alkyl halides is 3. The average molecular weight is 575 g/mol. The molecule has 1 saturated heterocycles. The van der Waals surface area contributed by atoms with E-state index in [0.29, 0.717) is 6.42 Å². The molecule has 0 bridgehead atoms. The molecule has 2 aromatic carbocycles. The van der Waals surface area contributed by atoms with E-state index in [1.165, 1.54) is 24.3 Å². The molecule has 1 fully saturated rings. The van der Waals surface area contributed by atoms with Crippen molar-refractivity contribution in [3.8, 4) is 17.7 Å². The predicted molar refractivity (Wildman–Crippen MR) is 134 cm³/mol. The van der Waals surface area contributed by atoms with Gasteiger partial charge >= 0.3 is 12.5 Å². The number of aromatic nitrogens is 1. The van der Waals surface area contributed by atoms with Crippen LogP contribution in [0.25, 0.3) is 0 Å². The summed E-state index contributed by atoms with van der Waals surface area (Å²) in [5, 5.41) is 50.4. The Balaban J connectivity index is 1.56. The molecule has 0 spiro atoms. The number of carbonyl (C=O) groups excluding carboxylic acids is 1. The summed E-state index contributed by atoms with van der Waals surface area (Å²) < 4.78 is 47.1. The number of carbonyl (C=O) groups is 1. The molecule has 1 aliphatic heterocycles. The molecule has 1 aliphatic rings. The van der Waals surface area contributed by atoms with Crippen molar-refractivity contribution in [2.75, 3.05) is 13.1 Å². The number of para-hydroxylation sites is 1. The zero-order chi connectivity index (χ0) is 29.8. The second kappa shape index (κ2) is 12.1. The van der Waals surface area contributed by atoms with Gasteiger partial charge in [-0.05, 0) is 30.2 Å². The molecule has 1 aromatic heterocycles. The van der Waals surface area contributed by atoms with Crippen LogP contribution in [0.2, 0.25) is 0 Å². The van der Waals surface area contributed by atoms with Crippen molar-refractivity contribution in [1.82, 2.24) is 15.2 Å². The highest BCUT2D eigenvalue weighted by molar-refractivity contribution is 5.97. The Morgan fingerprint density at radius 2 is 1.78 bits per heavy atom. The first-order valence-electron chi connectivity index (χ1n) is 12.2. The van der Waals surface area contributed by atoms with E-state index in [4.69, 9.17) is 15.3 Å². The molecule has 3 atom stereocenters. The Kier molecular flexibility index (Phi) is 8.76. The van der Waals surface area contributed by atoms with Crippen LogP contribution in [0.1, 0.15) is 45.6 Å². The summed E-state index contributed by atoms with van der Waals surface area (Å²) in [5.41, 5.74) is 0.402. The zero-order valence-corrected chi connectivity index (χ0v) is 21.2. The van der Waals surface area contributed by atoms with Gasteiger partial charge in [-0.25, -0.2) is 4.98 Å². The normalized spacial score (nSPS) is 18.7. The number of nitrogens with zero attached hydrogens (tertiary/aromatic N) is 3. The van der Waals surface area contributed by atoms with Gasteiger partial charge in [-0.3, -0.25) is 9.69 Å². The molecule has 2 heterocycles. The zero-order valence-electron chi connectivity index (χ0n) is 21.2. The quantitative estimate of drug-likeness (QED) is 0.251. The molecular weight excluding hydrogens is 549 g/mol. The van der Waals surface area contributed by atoms with E-state index in [-0.39, 0.29) is 29.8 Å². The van der Waals surface area contributed by atoms with Crippen LogP contribution in [-0.4, -0.2) is 67.9 Å². The van der Waals surface area contributed by atoms with Crippen molar-refractivity contribution in [1.29, 1.82) is 5.26 Å². The van der Waals surface area contributed by atoms with Gasteiger partial charge in [0.25, 0.3) is 5.91 Å². The number of pyridine rings is 1. The fourth-order valence-electron chi connectivity index (χ4n) is 4.64. The fraction of sp³-hybridized carbons (Fsp3) is 0.296. The van der Waals surface area contributed by atoms with Crippen molar-refractivity contribution in [2.45, 2.75) is 37.1 Å².